The number of carbonyl (C=O) groups is 1. The maximum absolute atomic E-state index is 11.7. The van der Waals surface area contributed by atoms with E-state index in [2.05, 4.69) is 0 Å². The van der Waals surface area contributed by atoms with Crippen molar-refractivity contribution in [3.63, 3.8) is 0 Å². The van der Waals surface area contributed by atoms with Crippen LogP contribution >= 0.6 is 0 Å². The molecule has 0 aliphatic carbocycles. The molecule has 3 atom stereocenters. The Morgan fingerprint density at radius 1 is 1.35 bits per heavy atom. The van der Waals surface area contributed by atoms with Gasteiger partial charge in [-0.3, -0.25) is 0 Å². The molecule has 1 aliphatic heterocycles. The van der Waals surface area contributed by atoms with Crippen molar-refractivity contribution in [3.05, 3.63) is 29.8 Å². The summed E-state index contributed by atoms with van der Waals surface area (Å²) < 4.78 is 21.1. The van der Waals surface area contributed by atoms with E-state index in [-0.39, 0.29) is 6.10 Å². The van der Waals surface area contributed by atoms with Crippen molar-refractivity contribution in [2.75, 3.05) is 20.8 Å². The first kappa shape index (κ1) is 17.7. The van der Waals surface area contributed by atoms with Gasteiger partial charge in [-0.2, -0.15) is 0 Å². The van der Waals surface area contributed by atoms with Crippen LogP contribution in [0.25, 0.3) is 0 Å². The van der Waals surface area contributed by atoms with Crippen molar-refractivity contribution in [1.29, 1.82) is 0 Å². The van der Waals surface area contributed by atoms with Crippen molar-refractivity contribution in [2.24, 2.45) is 0 Å². The van der Waals surface area contributed by atoms with Crippen LogP contribution in [0, 0.1) is 0 Å². The number of benzene rings is 1. The Bertz CT molecular complexity index is 514. The standard InChI is InChI=1S/C17H24O6/c1-17(16(19)21-3)15(18)10-14(23-17)8-9-22-11-12-4-6-13(20-2)7-5-12/h4-7,14-15,18H,8-11H2,1-3H3/t14-,15+,17-/m1/s1. The molecule has 23 heavy (non-hydrogen) atoms. The van der Waals surface area contributed by atoms with E-state index in [0.717, 1.165) is 11.3 Å². The molecule has 0 amide bonds. The number of hydrogen-bond acceptors (Lipinski definition) is 6. The van der Waals surface area contributed by atoms with Crippen molar-refractivity contribution in [1.82, 2.24) is 0 Å². The number of aliphatic hydroxyl groups excluding tert-OH is 1. The summed E-state index contributed by atoms with van der Waals surface area (Å²) in [5.41, 5.74) is -0.229. The van der Waals surface area contributed by atoms with Crippen molar-refractivity contribution in [2.45, 2.75) is 44.2 Å². The highest BCUT2D eigenvalue weighted by molar-refractivity contribution is 5.80. The van der Waals surface area contributed by atoms with Crippen molar-refractivity contribution >= 4 is 5.97 Å². The molecule has 0 radical (unpaired) electrons. The topological polar surface area (TPSA) is 74.2 Å². The van der Waals surface area contributed by atoms with Crippen LogP contribution in [0.4, 0.5) is 0 Å². The second-order valence-corrected chi connectivity index (χ2v) is 5.78. The van der Waals surface area contributed by atoms with Gasteiger partial charge in [-0.25, -0.2) is 4.79 Å². The molecular weight excluding hydrogens is 300 g/mol. The van der Waals surface area contributed by atoms with Crippen molar-refractivity contribution < 1.29 is 28.8 Å². The summed E-state index contributed by atoms with van der Waals surface area (Å²) in [7, 11) is 2.92. The lowest BCUT2D eigenvalue weighted by atomic mass is 9.98. The van der Waals surface area contributed by atoms with E-state index >= 15 is 0 Å². The molecule has 0 saturated carbocycles. The number of esters is 1. The lowest BCUT2D eigenvalue weighted by Gasteiger charge is -2.24. The summed E-state index contributed by atoms with van der Waals surface area (Å²) in [6.45, 7) is 2.54. The summed E-state index contributed by atoms with van der Waals surface area (Å²) in [4.78, 5) is 11.7. The average molecular weight is 324 g/mol. The third-order valence-electron chi connectivity index (χ3n) is 4.14. The van der Waals surface area contributed by atoms with E-state index in [9.17, 15) is 9.90 Å². The molecule has 1 aliphatic rings. The first-order valence-electron chi connectivity index (χ1n) is 7.64. The molecule has 1 saturated heterocycles. The van der Waals surface area contributed by atoms with Gasteiger partial charge in [0.15, 0.2) is 5.60 Å². The Balaban J connectivity index is 1.73. The lowest BCUT2D eigenvalue weighted by Crippen LogP contribution is -2.45. The van der Waals surface area contributed by atoms with Crippen LogP contribution in [0.2, 0.25) is 0 Å². The minimum Gasteiger partial charge on any atom is -0.497 e. The molecule has 1 N–H and O–H groups in total. The van der Waals surface area contributed by atoms with E-state index < -0.39 is 17.7 Å². The maximum Gasteiger partial charge on any atom is 0.340 e. The van der Waals surface area contributed by atoms with Gasteiger partial charge in [0.25, 0.3) is 0 Å². The lowest BCUT2D eigenvalue weighted by molar-refractivity contribution is -0.173. The van der Waals surface area contributed by atoms with E-state index in [1.165, 1.54) is 7.11 Å². The summed E-state index contributed by atoms with van der Waals surface area (Å²) in [5, 5.41) is 10.0. The number of hydrogen-bond donors (Lipinski definition) is 1. The maximum atomic E-state index is 11.7. The summed E-state index contributed by atoms with van der Waals surface area (Å²) in [6, 6.07) is 7.67. The molecule has 0 unspecified atom stereocenters. The molecule has 0 spiro atoms. The molecule has 0 bridgehead atoms. The van der Waals surface area contributed by atoms with E-state index in [4.69, 9.17) is 18.9 Å². The quantitative estimate of drug-likeness (QED) is 0.608. The highest BCUT2D eigenvalue weighted by Crippen LogP contribution is 2.33. The predicted octanol–water partition coefficient (Wildman–Crippen LogP) is 1.68. The van der Waals surface area contributed by atoms with Crippen LogP contribution in [0.5, 0.6) is 5.75 Å². The van der Waals surface area contributed by atoms with Crippen molar-refractivity contribution in [3.8, 4) is 5.75 Å². The SMILES string of the molecule is COC(=O)[C@]1(C)O[C@H](CCOCc2ccc(OC)cc2)C[C@@H]1O. The van der Waals surface area contributed by atoms with E-state index in [1.54, 1.807) is 14.0 Å². The molecule has 1 heterocycles. The molecule has 2 rings (SSSR count). The Morgan fingerprint density at radius 2 is 2.04 bits per heavy atom. The van der Waals surface area contributed by atoms with Gasteiger partial charge >= 0.3 is 5.97 Å². The Morgan fingerprint density at radius 3 is 2.65 bits per heavy atom. The van der Waals surface area contributed by atoms with Gasteiger partial charge in [-0.15, -0.1) is 0 Å². The van der Waals surface area contributed by atoms with Crippen LogP contribution < -0.4 is 4.74 Å². The Labute approximate surface area is 136 Å². The zero-order valence-electron chi connectivity index (χ0n) is 13.8. The number of ether oxygens (including phenoxy) is 4. The molecule has 6 heteroatoms. The average Bonchev–Trinajstić information content (AvgIpc) is 2.87. The molecule has 1 aromatic rings. The zero-order chi connectivity index (χ0) is 16.9. The molecule has 6 nitrogen and oxygen atoms in total. The molecule has 1 fully saturated rings. The minimum absolute atomic E-state index is 0.218. The van der Waals surface area contributed by atoms with Gasteiger partial charge < -0.3 is 24.1 Å². The van der Waals surface area contributed by atoms with Gasteiger partial charge in [0.1, 0.15) is 5.75 Å². The highest BCUT2D eigenvalue weighted by Gasteiger charge is 2.50. The molecular formula is C17H24O6. The van der Waals surface area contributed by atoms with Gasteiger partial charge in [-0.1, -0.05) is 12.1 Å². The van der Waals surface area contributed by atoms with Crippen LogP contribution in [0.1, 0.15) is 25.3 Å². The van der Waals surface area contributed by atoms with E-state index in [1.807, 2.05) is 24.3 Å². The van der Waals surface area contributed by atoms with Crippen LogP contribution in [-0.4, -0.2) is 49.7 Å². The van der Waals surface area contributed by atoms with Gasteiger partial charge in [0.2, 0.25) is 0 Å². The number of methoxy groups -OCH3 is 2. The third-order valence-corrected chi connectivity index (χ3v) is 4.14. The number of aliphatic hydroxyl groups is 1. The van der Waals surface area contributed by atoms with Crippen LogP contribution in [0.15, 0.2) is 24.3 Å². The first-order valence-corrected chi connectivity index (χ1v) is 7.64. The molecule has 0 aromatic heterocycles. The fourth-order valence-electron chi connectivity index (χ4n) is 2.64. The fourth-order valence-corrected chi connectivity index (χ4v) is 2.64. The molecule has 1 aromatic carbocycles. The summed E-state index contributed by atoms with van der Waals surface area (Å²) >= 11 is 0. The summed E-state index contributed by atoms with van der Waals surface area (Å²) in [5.74, 6) is 0.260. The van der Waals surface area contributed by atoms with E-state index in [0.29, 0.717) is 26.1 Å². The number of rotatable bonds is 7. The highest BCUT2D eigenvalue weighted by atomic mass is 16.6. The molecule has 128 valence electrons. The first-order chi connectivity index (χ1) is 11.0. The third kappa shape index (κ3) is 4.22. The Kier molecular flexibility index (Phi) is 5.98. The number of carbonyl (C=O) groups excluding carboxylic acids is 1. The Hall–Kier alpha value is -1.63. The normalized spacial score (nSPS) is 27.0. The van der Waals surface area contributed by atoms with Gasteiger partial charge in [0.05, 0.1) is 33.0 Å². The predicted molar refractivity (Wildman–Crippen MR) is 83.2 cm³/mol. The van der Waals surface area contributed by atoms with Crippen LogP contribution in [-0.2, 0) is 25.6 Å². The minimum atomic E-state index is -1.28. The second kappa shape index (κ2) is 7.77. The van der Waals surface area contributed by atoms with Gasteiger partial charge in [-0.05, 0) is 31.0 Å². The second-order valence-electron chi connectivity index (χ2n) is 5.78. The largest absolute Gasteiger partial charge is 0.497 e. The summed E-state index contributed by atoms with van der Waals surface area (Å²) in [6.07, 6.45) is -0.0661. The monoisotopic (exact) mass is 324 g/mol. The smallest absolute Gasteiger partial charge is 0.340 e. The zero-order valence-corrected chi connectivity index (χ0v) is 13.8. The van der Waals surface area contributed by atoms with Crippen LogP contribution in [0.3, 0.4) is 0 Å². The van der Waals surface area contributed by atoms with Gasteiger partial charge in [0, 0.05) is 13.0 Å². The fraction of sp³-hybridized carbons (Fsp3) is 0.588.